The fourth-order valence-corrected chi connectivity index (χ4v) is 1.76. The third-order valence-electron chi connectivity index (χ3n) is 2.62. The summed E-state index contributed by atoms with van der Waals surface area (Å²) in [6.45, 7) is 2.58. The minimum atomic E-state index is -0.0698. The van der Waals surface area contributed by atoms with Gasteiger partial charge in [-0.05, 0) is 5.56 Å². The first kappa shape index (κ1) is 15.2. The molecule has 0 spiro atoms. The average Bonchev–Trinajstić information content (AvgIpc) is 2.40. The number of hydrogen-bond acceptors (Lipinski definition) is 4. The molecular formula is C14H20N4O. The van der Waals surface area contributed by atoms with Crippen LogP contribution < -0.4 is 11.1 Å². The molecular weight excluding hydrogens is 240 g/mol. The maximum atomic E-state index is 11.7. The Kier molecular flexibility index (Phi) is 7.25. The number of nitrogens with zero attached hydrogens (tertiary/aromatic N) is 2. The lowest BCUT2D eigenvalue weighted by atomic mass is 10.2. The van der Waals surface area contributed by atoms with Crippen LogP contribution in [0.3, 0.4) is 0 Å². The Balaban J connectivity index is 2.44. The van der Waals surface area contributed by atoms with E-state index in [4.69, 9.17) is 11.0 Å². The molecule has 0 aliphatic heterocycles. The molecule has 5 nitrogen and oxygen atoms in total. The Morgan fingerprint density at radius 1 is 1.37 bits per heavy atom. The number of rotatable bonds is 8. The van der Waals surface area contributed by atoms with Crippen LogP contribution in [0.25, 0.3) is 0 Å². The van der Waals surface area contributed by atoms with Gasteiger partial charge >= 0.3 is 0 Å². The molecule has 1 aromatic rings. The lowest BCUT2D eigenvalue weighted by Crippen LogP contribution is -2.39. The predicted octanol–water partition coefficient (Wildman–Crippen LogP) is 0.477. The van der Waals surface area contributed by atoms with Gasteiger partial charge < -0.3 is 11.1 Å². The van der Waals surface area contributed by atoms with Crippen molar-refractivity contribution in [3.8, 4) is 6.07 Å². The molecule has 0 aliphatic carbocycles. The van der Waals surface area contributed by atoms with Crippen molar-refractivity contribution in [2.24, 2.45) is 5.73 Å². The molecule has 1 rings (SSSR count). The van der Waals surface area contributed by atoms with Gasteiger partial charge in [0, 0.05) is 26.2 Å². The second kappa shape index (κ2) is 9.09. The standard InChI is InChI=1S/C14H20N4O/c15-7-4-9-17-14(19)12-18(10-8-16)11-13-5-2-1-3-6-13/h1-3,5-6H,4,8-12,16H2,(H,17,19). The third-order valence-corrected chi connectivity index (χ3v) is 2.62. The van der Waals surface area contributed by atoms with Gasteiger partial charge in [-0.15, -0.1) is 0 Å². The lowest BCUT2D eigenvalue weighted by Gasteiger charge is -2.21. The first-order chi connectivity index (χ1) is 9.26. The molecule has 0 saturated heterocycles. The summed E-state index contributed by atoms with van der Waals surface area (Å²) in [5.74, 6) is -0.0698. The molecule has 5 heteroatoms. The van der Waals surface area contributed by atoms with Crippen LogP contribution in [0.5, 0.6) is 0 Å². The van der Waals surface area contributed by atoms with Crippen LogP contribution in [-0.4, -0.2) is 37.0 Å². The number of amides is 1. The Morgan fingerprint density at radius 3 is 2.74 bits per heavy atom. The van der Waals surface area contributed by atoms with Crippen molar-refractivity contribution < 1.29 is 4.79 Å². The van der Waals surface area contributed by atoms with Crippen LogP contribution in [0.4, 0.5) is 0 Å². The molecule has 0 atom stereocenters. The van der Waals surface area contributed by atoms with Crippen LogP contribution >= 0.6 is 0 Å². The largest absolute Gasteiger partial charge is 0.354 e. The summed E-state index contributed by atoms with van der Waals surface area (Å²) in [6.07, 6.45) is 0.335. The van der Waals surface area contributed by atoms with E-state index in [1.165, 1.54) is 0 Å². The molecule has 3 N–H and O–H groups in total. The number of nitriles is 1. The van der Waals surface area contributed by atoms with Gasteiger partial charge in [0.15, 0.2) is 0 Å². The molecule has 0 fully saturated rings. The van der Waals surface area contributed by atoms with Gasteiger partial charge in [-0.3, -0.25) is 9.69 Å². The highest BCUT2D eigenvalue weighted by Gasteiger charge is 2.10. The van der Waals surface area contributed by atoms with E-state index in [9.17, 15) is 4.79 Å². The summed E-state index contributed by atoms with van der Waals surface area (Å²) in [5.41, 5.74) is 6.72. The molecule has 0 aromatic heterocycles. The fourth-order valence-electron chi connectivity index (χ4n) is 1.76. The summed E-state index contributed by atoms with van der Waals surface area (Å²) in [5, 5.41) is 11.1. The van der Waals surface area contributed by atoms with E-state index in [1.54, 1.807) is 0 Å². The van der Waals surface area contributed by atoms with E-state index in [0.717, 1.165) is 5.56 Å². The normalized spacial score (nSPS) is 10.2. The third kappa shape index (κ3) is 6.55. The van der Waals surface area contributed by atoms with Crippen LogP contribution in [0.2, 0.25) is 0 Å². The van der Waals surface area contributed by atoms with Gasteiger partial charge in [0.2, 0.25) is 5.91 Å². The smallest absolute Gasteiger partial charge is 0.234 e. The van der Waals surface area contributed by atoms with E-state index < -0.39 is 0 Å². The second-order valence-electron chi connectivity index (χ2n) is 4.24. The molecule has 0 aliphatic rings. The zero-order chi connectivity index (χ0) is 13.9. The predicted molar refractivity (Wildman–Crippen MR) is 74.0 cm³/mol. The molecule has 0 radical (unpaired) electrons. The van der Waals surface area contributed by atoms with Crippen molar-refractivity contribution in [1.82, 2.24) is 10.2 Å². The SMILES string of the molecule is N#CCCNC(=O)CN(CCN)Cc1ccccc1. The maximum absolute atomic E-state index is 11.7. The topological polar surface area (TPSA) is 82.2 Å². The van der Waals surface area contributed by atoms with E-state index >= 15 is 0 Å². The van der Waals surface area contributed by atoms with E-state index in [1.807, 2.05) is 41.3 Å². The van der Waals surface area contributed by atoms with Gasteiger partial charge in [0.05, 0.1) is 19.0 Å². The number of nitrogens with two attached hydrogens (primary N) is 1. The highest BCUT2D eigenvalue weighted by molar-refractivity contribution is 5.78. The van der Waals surface area contributed by atoms with Crippen molar-refractivity contribution in [3.63, 3.8) is 0 Å². The van der Waals surface area contributed by atoms with Gasteiger partial charge in [0.1, 0.15) is 0 Å². The Morgan fingerprint density at radius 2 is 2.11 bits per heavy atom. The molecule has 1 aromatic carbocycles. The molecule has 0 unspecified atom stereocenters. The van der Waals surface area contributed by atoms with Crippen LogP contribution in [0.15, 0.2) is 30.3 Å². The van der Waals surface area contributed by atoms with Crippen molar-refractivity contribution in [2.45, 2.75) is 13.0 Å². The molecule has 0 bridgehead atoms. The Hall–Kier alpha value is -1.90. The summed E-state index contributed by atoms with van der Waals surface area (Å²) in [7, 11) is 0. The summed E-state index contributed by atoms with van der Waals surface area (Å²) < 4.78 is 0. The fraction of sp³-hybridized carbons (Fsp3) is 0.429. The van der Waals surface area contributed by atoms with E-state index in [-0.39, 0.29) is 5.91 Å². The second-order valence-corrected chi connectivity index (χ2v) is 4.24. The van der Waals surface area contributed by atoms with Crippen molar-refractivity contribution >= 4 is 5.91 Å². The maximum Gasteiger partial charge on any atom is 0.234 e. The first-order valence-electron chi connectivity index (χ1n) is 6.36. The number of hydrogen-bond donors (Lipinski definition) is 2. The van der Waals surface area contributed by atoms with Gasteiger partial charge in [-0.25, -0.2) is 0 Å². The average molecular weight is 260 g/mol. The zero-order valence-electron chi connectivity index (χ0n) is 11.0. The number of carbonyl (C=O) groups is 1. The minimum absolute atomic E-state index is 0.0698. The Bertz CT molecular complexity index is 413. The number of benzene rings is 1. The van der Waals surface area contributed by atoms with Crippen molar-refractivity contribution in [3.05, 3.63) is 35.9 Å². The number of nitrogens with one attached hydrogen (secondary N) is 1. The van der Waals surface area contributed by atoms with Crippen molar-refractivity contribution in [2.75, 3.05) is 26.2 Å². The molecule has 19 heavy (non-hydrogen) atoms. The first-order valence-corrected chi connectivity index (χ1v) is 6.36. The summed E-state index contributed by atoms with van der Waals surface area (Å²) in [4.78, 5) is 13.7. The minimum Gasteiger partial charge on any atom is -0.354 e. The van der Waals surface area contributed by atoms with Gasteiger partial charge in [-0.2, -0.15) is 5.26 Å². The molecule has 102 valence electrons. The Labute approximate surface area is 114 Å². The summed E-state index contributed by atoms with van der Waals surface area (Å²) >= 11 is 0. The quantitative estimate of drug-likeness (QED) is 0.666. The number of carbonyl (C=O) groups excluding carboxylic acids is 1. The molecule has 1 amide bonds. The molecule has 0 saturated carbocycles. The lowest BCUT2D eigenvalue weighted by molar-refractivity contribution is -0.122. The van der Waals surface area contributed by atoms with Gasteiger partial charge in [-0.1, -0.05) is 30.3 Å². The highest BCUT2D eigenvalue weighted by atomic mass is 16.2. The summed E-state index contributed by atoms with van der Waals surface area (Å²) in [6, 6.07) is 12.0. The molecule has 0 heterocycles. The van der Waals surface area contributed by atoms with E-state index in [2.05, 4.69) is 5.32 Å². The van der Waals surface area contributed by atoms with Crippen LogP contribution in [0, 0.1) is 11.3 Å². The van der Waals surface area contributed by atoms with Crippen LogP contribution in [0.1, 0.15) is 12.0 Å². The highest BCUT2D eigenvalue weighted by Crippen LogP contribution is 2.03. The monoisotopic (exact) mass is 260 g/mol. The van der Waals surface area contributed by atoms with E-state index in [0.29, 0.717) is 39.1 Å². The van der Waals surface area contributed by atoms with Crippen LogP contribution in [-0.2, 0) is 11.3 Å². The zero-order valence-corrected chi connectivity index (χ0v) is 11.0. The van der Waals surface area contributed by atoms with Gasteiger partial charge in [0.25, 0.3) is 0 Å². The van der Waals surface area contributed by atoms with Crippen molar-refractivity contribution in [1.29, 1.82) is 5.26 Å².